The summed E-state index contributed by atoms with van der Waals surface area (Å²) < 4.78 is 27.9. The topological polar surface area (TPSA) is 46.2 Å². The van der Waals surface area contributed by atoms with E-state index in [1.165, 1.54) is 0 Å². The van der Waals surface area contributed by atoms with Crippen LogP contribution in [0.2, 0.25) is 1.41 Å². The minimum atomic E-state index is -3.14. The first kappa shape index (κ1) is 4.14. The molecule has 8 heavy (non-hydrogen) atoms. The highest BCUT2D eigenvalue weighted by molar-refractivity contribution is 7.97. The summed E-state index contributed by atoms with van der Waals surface area (Å²) in [6.07, 6.45) is 2.32. The summed E-state index contributed by atoms with van der Waals surface area (Å²) in [5.41, 5.74) is 0. The van der Waals surface area contributed by atoms with Crippen molar-refractivity contribution in [3.8, 4) is 0 Å². The van der Waals surface area contributed by atoms with E-state index in [4.69, 9.17) is 1.41 Å². The third-order valence-corrected chi connectivity index (χ3v) is 1.68. The van der Waals surface area contributed by atoms with Crippen molar-refractivity contribution in [3.63, 3.8) is 0 Å². The highest BCUT2D eigenvalue weighted by Gasteiger charge is 1.99. The van der Waals surface area contributed by atoms with Crippen LogP contribution in [0.5, 0.6) is 0 Å². The minimum Gasteiger partial charge on any atom is -0.366 e. The molecule has 0 fully saturated rings. The van der Waals surface area contributed by atoms with Crippen LogP contribution in [0.1, 0.15) is 0 Å². The molecule has 0 aromatic heterocycles. The lowest BCUT2D eigenvalue weighted by atomic mass is 10.9. The summed E-state index contributed by atoms with van der Waals surface area (Å²) in [6.45, 7) is 0. The van der Waals surface area contributed by atoms with Gasteiger partial charge in [-0.15, -0.1) is 0 Å². The van der Waals surface area contributed by atoms with Gasteiger partial charge in [0.25, 0.3) is 0 Å². The molecule has 4 heteroatoms. The number of sulfone groups is 1. The molecule has 1 aliphatic rings. The first-order chi connectivity index (χ1) is 4.10. The molecule has 1 N–H and O–H groups in total. The van der Waals surface area contributed by atoms with Gasteiger partial charge in [-0.3, -0.25) is 0 Å². The Balaban J connectivity index is 2.96. The summed E-state index contributed by atoms with van der Waals surface area (Å²) in [5.74, 6) is 0. The van der Waals surface area contributed by atoms with Gasteiger partial charge in [-0.2, -0.15) is 0 Å². The average molecular weight is 132 g/mol. The van der Waals surface area contributed by atoms with Gasteiger partial charge < -0.3 is 5.31 Å². The van der Waals surface area contributed by atoms with Gasteiger partial charge in [0.05, 0.1) is 10.8 Å². The Bertz CT molecular complexity index is 234. The first-order valence-electron chi connectivity index (χ1n) is 2.44. The van der Waals surface area contributed by atoms with Crippen molar-refractivity contribution in [1.29, 1.82) is 0 Å². The fraction of sp³-hybridized carbons (Fsp3) is 0. The zero-order valence-corrected chi connectivity index (χ0v) is 4.80. The predicted octanol–water partition coefficient (Wildman–Crippen LogP) is -0.0532. The summed E-state index contributed by atoms with van der Waals surface area (Å²) in [7, 11) is -3.14. The molecule has 0 bridgehead atoms. The van der Waals surface area contributed by atoms with Crippen LogP contribution in [0, 0.1) is 0 Å². The van der Waals surface area contributed by atoms with Crippen molar-refractivity contribution in [1.82, 2.24) is 5.31 Å². The zero-order chi connectivity index (χ0) is 6.91. The van der Waals surface area contributed by atoms with E-state index in [1.807, 2.05) is 0 Å². The number of hydrogen-bond donors (Lipinski definition) is 1. The maximum atomic E-state index is 10.5. The third-order valence-electron chi connectivity index (χ3n) is 0.673. The molecule has 0 unspecified atom stereocenters. The molecule has 0 radical (unpaired) electrons. The number of hydrogen-bond acceptors (Lipinski definition) is 3. The molecule has 0 atom stereocenters. The molecule has 3 nitrogen and oxygen atoms in total. The highest BCUT2D eigenvalue weighted by atomic mass is 32.2. The molecule has 0 saturated heterocycles. The van der Waals surface area contributed by atoms with Crippen molar-refractivity contribution in [2.45, 2.75) is 0 Å². The molecule has 1 heterocycles. The van der Waals surface area contributed by atoms with Gasteiger partial charge in [0.2, 0.25) is 0 Å². The average Bonchev–Trinajstić information content (AvgIpc) is 1.78. The van der Waals surface area contributed by atoms with Crippen LogP contribution in [0.4, 0.5) is 0 Å². The summed E-state index contributed by atoms with van der Waals surface area (Å²) in [5, 5.41) is 2.86. The van der Waals surface area contributed by atoms with Crippen LogP contribution >= 0.6 is 0 Å². The van der Waals surface area contributed by atoms with Crippen LogP contribution in [0.25, 0.3) is 0 Å². The lowest BCUT2D eigenvalue weighted by Crippen LogP contribution is -2.02. The van der Waals surface area contributed by atoms with E-state index in [2.05, 4.69) is 0 Å². The van der Waals surface area contributed by atoms with Crippen molar-refractivity contribution in [2.75, 3.05) is 0 Å². The Kier molecular flexibility index (Phi) is 0.843. The summed E-state index contributed by atoms with van der Waals surface area (Å²) in [4.78, 5) is 0. The Morgan fingerprint density at radius 1 is 1.38 bits per heavy atom. The molecule has 44 valence electrons. The normalized spacial score (nSPS) is 25.5. The van der Waals surface area contributed by atoms with Gasteiger partial charge >= 0.3 is 0 Å². The van der Waals surface area contributed by atoms with Gasteiger partial charge in [0.15, 0.2) is 11.2 Å². The lowest BCUT2D eigenvalue weighted by molar-refractivity contribution is 0.612. The second kappa shape index (κ2) is 1.63. The smallest absolute Gasteiger partial charge is 0.195 e. The monoisotopic (exact) mass is 132 g/mol. The third kappa shape index (κ3) is 1.10. The van der Waals surface area contributed by atoms with E-state index in [-0.39, 0.29) is 0 Å². The molecule has 0 saturated carbocycles. The summed E-state index contributed by atoms with van der Waals surface area (Å²) in [6, 6.07) is 0. The minimum absolute atomic E-state index is 0.918. The van der Waals surface area contributed by atoms with E-state index < -0.39 is 9.84 Å². The molecule has 0 amide bonds. The van der Waals surface area contributed by atoms with E-state index in [0.29, 0.717) is 0 Å². The van der Waals surface area contributed by atoms with Crippen molar-refractivity contribution >= 4 is 9.84 Å². The van der Waals surface area contributed by atoms with Crippen molar-refractivity contribution in [3.05, 3.63) is 23.2 Å². The van der Waals surface area contributed by atoms with Gasteiger partial charge in [-0.25, -0.2) is 8.42 Å². The highest BCUT2D eigenvalue weighted by Crippen LogP contribution is 1.96. The molecule has 0 aromatic carbocycles. The predicted molar refractivity (Wildman–Crippen MR) is 30.3 cm³/mol. The fourth-order valence-electron chi connectivity index (χ4n) is 0.335. The Morgan fingerprint density at radius 2 is 1.88 bits per heavy atom. The molecule has 0 aliphatic carbocycles. The van der Waals surface area contributed by atoms with Gasteiger partial charge in [0, 0.05) is 12.4 Å². The van der Waals surface area contributed by atoms with Gasteiger partial charge in [0.1, 0.15) is 0 Å². The largest absolute Gasteiger partial charge is 0.366 e. The molecule has 0 spiro atoms. The standard InChI is InChI=1S/C4H5NO2S/c6-8(7)3-1-5-2-4-8/h1-5H/i/hD. The Morgan fingerprint density at radius 3 is 2.25 bits per heavy atom. The van der Waals surface area contributed by atoms with Gasteiger partial charge in [-0.05, 0) is 0 Å². The first-order valence-corrected chi connectivity index (χ1v) is 3.60. The van der Waals surface area contributed by atoms with Crippen LogP contribution < -0.4 is 5.31 Å². The summed E-state index contributed by atoms with van der Waals surface area (Å²) >= 11 is 0. The van der Waals surface area contributed by atoms with E-state index >= 15 is 0 Å². The van der Waals surface area contributed by atoms with E-state index in [1.54, 1.807) is 0 Å². The van der Waals surface area contributed by atoms with Crippen LogP contribution in [0.15, 0.2) is 23.2 Å². The molecular formula is C4H5NO2S. The van der Waals surface area contributed by atoms with Crippen LogP contribution in [-0.2, 0) is 9.84 Å². The maximum Gasteiger partial charge on any atom is 0.195 e. The van der Waals surface area contributed by atoms with Crippen LogP contribution in [-0.4, -0.2) is 8.42 Å². The van der Waals surface area contributed by atoms with Gasteiger partial charge in [-0.1, -0.05) is 0 Å². The zero-order valence-electron chi connectivity index (χ0n) is 4.98. The second-order valence-corrected chi connectivity index (χ2v) is 3.03. The van der Waals surface area contributed by atoms with Crippen molar-refractivity contribution in [2.24, 2.45) is 0 Å². The fourth-order valence-corrected chi connectivity index (χ4v) is 0.906. The second-order valence-electron chi connectivity index (χ2n) is 1.31. The Labute approximate surface area is 49.1 Å². The quantitative estimate of drug-likeness (QED) is 0.502. The molecule has 1 aliphatic heterocycles. The SMILES string of the molecule is [2H]N1C=CS(=O)(=O)C=C1. The lowest BCUT2D eigenvalue weighted by Gasteiger charge is -1.95. The number of rotatable bonds is 0. The van der Waals surface area contributed by atoms with Crippen LogP contribution in [0.3, 0.4) is 0 Å². The van der Waals surface area contributed by atoms with E-state index in [0.717, 1.165) is 28.5 Å². The molecule has 0 aromatic rings. The number of nitrogens with one attached hydrogen (secondary N) is 1. The van der Waals surface area contributed by atoms with Crippen molar-refractivity contribution < 1.29 is 9.83 Å². The Hall–Kier alpha value is -0.770. The molecule has 1 rings (SSSR count). The van der Waals surface area contributed by atoms with E-state index in [9.17, 15) is 8.42 Å². The molecular weight excluding hydrogens is 126 g/mol. The maximum absolute atomic E-state index is 10.5.